The van der Waals surface area contributed by atoms with Gasteiger partial charge in [0.2, 0.25) is 5.91 Å². The van der Waals surface area contributed by atoms with E-state index >= 15 is 0 Å². The Balaban J connectivity index is 0. The average Bonchev–Trinajstić information content (AvgIpc) is 2.71. The van der Waals surface area contributed by atoms with Gasteiger partial charge in [-0.3, -0.25) is 4.79 Å². The molecule has 1 aromatic rings. The zero-order valence-corrected chi connectivity index (χ0v) is 15.6. The van der Waals surface area contributed by atoms with Crippen molar-refractivity contribution in [3.05, 3.63) is 15.6 Å². The Morgan fingerprint density at radius 1 is 1.43 bits per heavy atom. The lowest BCUT2D eigenvalue weighted by atomic mass is 10.2. The molecule has 0 fully saturated rings. The predicted octanol–water partition coefficient (Wildman–Crippen LogP) is 2.36. The van der Waals surface area contributed by atoms with Gasteiger partial charge in [-0.25, -0.2) is 4.98 Å². The Kier molecular flexibility index (Phi) is 12.2. The van der Waals surface area contributed by atoms with Crippen LogP contribution < -0.4 is 5.32 Å². The Bertz CT molecular complexity index is 430. The van der Waals surface area contributed by atoms with E-state index < -0.39 is 0 Å². The van der Waals surface area contributed by atoms with Crippen LogP contribution in [0.15, 0.2) is 0 Å². The molecule has 5 nitrogen and oxygen atoms in total. The number of hydrogen-bond acceptors (Lipinski definition) is 5. The second-order valence-corrected chi connectivity index (χ2v) is 5.77. The van der Waals surface area contributed by atoms with Crippen molar-refractivity contribution in [2.24, 2.45) is 0 Å². The molecule has 0 radical (unpaired) electrons. The zero-order chi connectivity index (χ0) is 14.4. The number of nitrogens with zero attached hydrogens (tertiary/aromatic N) is 2. The lowest BCUT2D eigenvalue weighted by molar-refractivity contribution is -0.130. The third-order valence-corrected chi connectivity index (χ3v) is 4.30. The number of methoxy groups -OCH3 is 1. The van der Waals surface area contributed by atoms with Gasteiger partial charge in [0.15, 0.2) is 0 Å². The number of carbonyl (C=O) groups is 1. The van der Waals surface area contributed by atoms with Crippen LogP contribution in [0, 0.1) is 13.8 Å². The minimum absolute atomic E-state index is 0. The van der Waals surface area contributed by atoms with Crippen molar-refractivity contribution in [2.75, 3.05) is 33.9 Å². The van der Waals surface area contributed by atoms with Crippen molar-refractivity contribution >= 4 is 42.1 Å². The fourth-order valence-electron chi connectivity index (χ4n) is 1.82. The molecule has 1 atom stereocenters. The number of ether oxygens (including phenoxy) is 1. The van der Waals surface area contributed by atoms with Crippen LogP contribution in [0.3, 0.4) is 0 Å². The van der Waals surface area contributed by atoms with Crippen molar-refractivity contribution in [3.8, 4) is 0 Å². The molecular formula is C13H25Cl2N3O2S. The first-order chi connectivity index (χ1) is 8.97. The van der Waals surface area contributed by atoms with E-state index in [1.54, 1.807) is 23.3 Å². The molecule has 0 aliphatic carbocycles. The molecule has 1 unspecified atom stereocenters. The van der Waals surface area contributed by atoms with E-state index in [1.807, 2.05) is 27.8 Å². The standard InChI is InChI=1S/C13H23N3O2S.2ClH/c1-9-13(19-11(3)15-9)10(2)16(4)12(17)8-14-6-7-18-5;;/h10,14H,6-8H2,1-5H3;2*1H. The van der Waals surface area contributed by atoms with Gasteiger partial charge in [-0.1, -0.05) is 0 Å². The van der Waals surface area contributed by atoms with Crippen LogP contribution in [0.2, 0.25) is 0 Å². The number of likely N-dealkylation sites (N-methyl/N-ethyl adjacent to an activating group) is 1. The van der Waals surface area contributed by atoms with E-state index in [4.69, 9.17) is 4.74 Å². The lowest BCUT2D eigenvalue weighted by Crippen LogP contribution is -2.38. The highest BCUT2D eigenvalue weighted by Crippen LogP contribution is 2.27. The SMILES string of the molecule is COCCNCC(=O)N(C)C(C)c1sc(C)nc1C.Cl.Cl. The minimum atomic E-state index is 0. The maximum absolute atomic E-state index is 12.0. The smallest absolute Gasteiger partial charge is 0.236 e. The zero-order valence-electron chi connectivity index (χ0n) is 13.1. The molecule has 1 aromatic heterocycles. The van der Waals surface area contributed by atoms with Gasteiger partial charge >= 0.3 is 0 Å². The fourth-order valence-corrected chi connectivity index (χ4v) is 2.84. The summed E-state index contributed by atoms with van der Waals surface area (Å²) in [6, 6.07) is 0.0583. The Morgan fingerprint density at radius 3 is 2.52 bits per heavy atom. The number of nitrogens with one attached hydrogen (secondary N) is 1. The van der Waals surface area contributed by atoms with Gasteiger partial charge in [0, 0.05) is 25.6 Å². The highest BCUT2D eigenvalue weighted by Gasteiger charge is 2.20. The largest absolute Gasteiger partial charge is 0.383 e. The third kappa shape index (κ3) is 6.93. The molecule has 1 N–H and O–H groups in total. The van der Waals surface area contributed by atoms with Crippen LogP contribution >= 0.6 is 36.2 Å². The first-order valence-corrected chi connectivity index (χ1v) is 7.18. The monoisotopic (exact) mass is 357 g/mol. The number of amides is 1. The number of carbonyl (C=O) groups excluding carboxylic acids is 1. The van der Waals surface area contributed by atoms with Crippen LogP contribution in [-0.4, -0.2) is 49.6 Å². The maximum atomic E-state index is 12.0. The maximum Gasteiger partial charge on any atom is 0.236 e. The van der Waals surface area contributed by atoms with Crippen molar-refractivity contribution < 1.29 is 9.53 Å². The quantitative estimate of drug-likeness (QED) is 0.761. The molecule has 0 bridgehead atoms. The number of aryl methyl sites for hydroxylation is 2. The summed E-state index contributed by atoms with van der Waals surface area (Å²) in [4.78, 5) is 19.4. The lowest BCUT2D eigenvalue weighted by Gasteiger charge is -2.24. The van der Waals surface area contributed by atoms with Gasteiger partial charge < -0.3 is 15.0 Å². The van der Waals surface area contributed by atoms with E-state index in [0.717, 1.165) is 15.6 Å². The Morgan fingerprint density at radius 2 is 2.05 bits per heavy atom. The summed E-state index contributed by atoms with van der Waals surface area (Å²) in [6.07, 6.45) is 0. The molecule has 0 saturated carbocycles. The van der Waals surface area contributed by atoms with E-state index in [2.05, 4.69) is 10.3 Å². The summed E-state index contributed by atoms with van der Waals surface area (Å²) in [5.74, 6) is 0.0778. The van der Waals surface area contributed by atoms with Crippen LogP contribution in [0.5, 0.6) is 0 Å². The third-order valence-electron chi connectivity index (χ3n) is 3.05. The molecule has 0 spiro atoms. The van der Waals surface area contributed by atoms with Gasteiger partial charge in [-0.2, -0.15) is 0 Å². The molecule has 8 heteroatoms. The average molecular weight is 358 g/mol. The minimum Gasteiger partial charge on any atom is -0.383 e. The number of rotatable bonds is 7. The molecule has 1 rings (SSSR count). The van der Waals surface area contributed by atoms with E-state index in [9.17, 15) is 4.79 Å². The summed E-state index contributed by atoms with van der Waals surface area (Å²) in [5, 5.41) is 4.10. The molecule has 1 heterocycles. The van der Waals surface area contributed by atoms with Gasteiger partial charge in [-0.15, -0.1) is 36.2 Å². The summed E-state index contributed by atoms with van der Waals surface area (Å²) < 4.78 is 4.93. The van der Waals surface area contributed by atoms with Gasteiger partial charge in [0.05, 0.1) is 29.9 Å². The topological polar surface area (TPSA) is 54.5 Å². The second-order valence-electron chi connectivity index (χ2n) is 4.53. The van der Waals surface area contributed by atoms with Crippen LogP contribution in [0.4, 0.5) is 0 Å². The summed E-state index contributed by atoms with van der Waals surface area (Å²) in [5.41, 5.74) is 1.02. The normalized spacial score (nSPS) is 11.3. The number of thiazole rings is 1. The van der Waals surface area contributed by atoms with E-state index in [0.29, 0.717) is 19.7 Å². The van der Waals surface area contributed by atoms with Crippen LogP contribution in [0.25, 0.3) is 0 Å². The second kappa shape index (κ2) is 11.2. The molecule has 1 amide bonds. The van der Waals surface area contributed by atoms with Crippen LogP contribution in [0.1, 0.15) is 28.5 Å². The number of halogens is 2. The summed E-state index contributed by atoms with van der Waals surface area (Å²) in [6.45, 7) is 7.64. The van der Waals surface area contributed by atoms with Gasteiger partial charge in [0.1, 0.15) is 0 Å². The molecular weight excluding hydrogens is 333 g/mol. The highest BCUT2D eigenvalue weighted by molar-refractivity contribution is 7.11. The molecule has 0 saturated heterocycles. The summed E-state index contributed by atoms with van der Waals surface area (Å²) in [7, 11) is 3.48. The van der Waals surface area contributed by atoms with E-state index in [-0.39, 0.29) is 36.8 Å². The summed E-state index contributed by atoms with van der Waals surface area (Å²) >= 11 is 1.65. The predicted molar refractivity (Wildman–Crippen MR) is 92.0 cm³/mol. The Hall–Kier alpha value is -0.400. The van der Waals surface area contributed by atoms with Crippen molar-refractivity contribution in [3.63, 3.8) is 0 Å². The van der Waals surface area contributed by atoms with Crippen molar-refractivity contribution in [1.82, 2.24) is 15.2 Å². The van der Waals surface area contributed by atoms with Gasteiger partial charge in [0.25, 0.3) is 0 Å². The molecule has 0 aliphatic heterocycles. The van der Waals surface area contributed by atoms with Crippen LogP contribution in [-0.2, 0) is 9.53 Å². The number of aromatic nitrogens is 1. The van der Waals surface area contributed by atoms with Crippen molar-refractivity contribution in [1.29, 1.82) is 0 Å². The fraction of sp³-hybridized carbons (Fsp3) is 0.692. The Labute approximate surface area is 143 Å². The van der Waals surface area contributed by atoms with E-state index in [1.165, 1.54) is 0 Å². The molecule has 124 valence electrons. The molecule has 0 aliphatic rings. The first kappa shape index (κ1) is 22.9. The molecule has 21 heavy (non-hydrogen) atoms. The van der Waals surface area contributed by atoms with Gasteiger partial charge in [-0.05, 0) is 20.8 Å². The van der Waals surface area contributed by atoms with Crippen molar-refractivity contribution in [2.45, 2.75) is 26.8 Å². The molecule has 0 aromatic carbocycles. The highest BCUT2D eigenvalue weighted by atomic mass is 35.5. The number of hydrogen-bond donors (Lipinski definition) is 1. The first-order valence-electron chi connectivity index (χ1n) is 6.36.